The van der Waals surface area contributed by atoms with E-state index in [1.165, 1.54) is 0 Å². The first kappa shape index (κ1) is 20.4. The topological polar surface area (TPSA) is 86.1 Å². The molecule has 0 saturated carbocycles. The molecule has 1 unspecified atom stereocenters. The molecule has 0 aliphatic carbocycles. The van der Waals surface area contributed by atoms with Crippen molar-refractivity contribution in [1.82, 2.24) is 19.6 Å². The molecule has 160 valence electrons. The molecule has 0 bridgehead atoms. The molecule has 2 aromatic rings. The molecule has 3 heterocycles. The van der Waals surface area contributed by atoms with Gasteiger partial charge in [-0.15, -0.1) is 0 Å². The summed E-state index contributed by atoms with van der Waals surface area (Å²) in [6.07, 6.45) is 3.94. The number of amides is 2. The smallest absolute Gasteiger partial charge is 0.257 e. The van der Waals surface area contributed by atoms with Crippen molar-refractivity contribution in [2.75, 3.05) is 46.5 Å². The third-order valence-corrected chi connectivity index (χ3v) is 5.39. The number of aromatic nitrogens is 2. The Hall–Kier alpha value is -2.91. The van der Waals surface area contributed by atoms with Gasteiger partial charge < -0.3 is 24.0 Å². The Bertz CT molecular complexity index is 930. The number of aryl methyl sites for hydroxylation is 1. The lowest BCUT2D eigenvalue weighted by atomic mass is 10.1. The van der Waals surface area contributed by atoms with Crippen molar-refractivity contribution in [3.05, 3.63) is 47.8 Å². The van der Waals surface area contributed by atoms with Gasteiger partial charge in [0.2, 0.25) is 5.79 Å². The number of para-hydroxylation sites is 1. The minimum Gasteiger partial charge on any atom is -0.496 e. The minimum absolute atomic E-state index is 0.121. The van der Waals surface area contributed by atoms with Crippen LogP contribution in [0, 0.1) is 0 Å². The van der Waals surface area contributed by atoms with Gasteiger partial charge in [-0.05, 0) is 18.6 Å². The van der Waals surface area contributed by atoms with Gasteiger partial charge in [0.25, 0.3) is 11.8 Å². The van der Waals surface area contributed by atoms with Gasteiger partial charge >= 0.3 is 0 Å². The predicted octanol–water partition coefficient (Wildman–Crippen LogP) is 1.16. The van der Waals surface area contributed by atoms with Crippen LogP contribution in [0.2, 0.25) is 0 Å². The summed E-state index contributed by atoms with van der Waals surface area (Å²) >= 11 is 0. The van der Waals surface area contributed by atoms with Crippen molar-refractivity contribution in [3.8, 4) is 5.75 Å². The molecule has 1 aromatic heterocycles. The summed E-state index contributed by atoms with van der Waals surface area (Å²) in [5.41, 5.74) is 1.02. The van der Waals surface area contributed by atoms with Crippen molar-refractivity contribution in [2.45, 2.75) is 12.2 Å². The lowest BCUT2D eigenvalue weighted by Gasteiger charge is -2.43. The summed E-state index contributed by atoms with van der Waals surface area (Å²) in [4.78, 5) is 29.6. The van der Waals surface area contributed by atoms with Gasteiger partial charge in [0, 0.05) is 26.3 Å². The van der Waals surface area contributed by atoms with E-state index in [1.54, 1.807) is 53.2 Å². The van der Waals surface area contributed by atoms with Crippen LogP contribution in [-0.4, -0.2) is 83.7 Å². The average molecular weight is 414 g/mol. The van der Waals surface area contributed by atoms with Crippen molar-refractivity contribution in [1.29, 1.82) is 0 Å². The molecule has 0 radical (unpaired) electrons. The highest BCUT2D eigenvalue weighted by atomic mass is 16.7. The van der Waals surface area contributed by atoms with E-state index in [4.69, 9.17) is 14.2 Å². The molecule has 9 heteroatoms. The van der Waals surface area contributed by atoms with Gasteiger partial charge in [0.1, 0.15) is 5.75 Å². The number of hydrogen-bond donors (Lipinski definition) is 0. The summed E-state index contributed by atoms with van der Waals surface area (Å²) in [5, 5.41) is 4.09. The Morgan fingerprint density at radius 3 is 2.53 bits per heavy atom. The zero-order valence-electron chi connectivity index (χ0n) is 17.2. The maximum absolute atomic E-state index is 13.2. The maximum Gasteiger partial charge on any atom is 0.257 e. The molecular weight excluding hydrogens is 388 g/mol. The van der Waals surface area contributed by atoms with Crippen LogP contribution in [0.3, 0.4) is 0 Å². The van der Waals surface area contributed by atoms with E-state index in [2.05, 4.69) is 5.10 Å². The number of hydrogen-bond acceptors (Lipinski definition) is 6. The minimum atomic E-state index is -1.05. The highest BCUT2D eigenvalue weighted by Crippen LogP contribution is 2.28. The number of ether oxygens (including phenoxy) is 3. The lowest BCUT2D eigenvalue weighted by molar-refractivity contribution is -0.258. The van der Waals surface area contributed by atoms with Gasteiger partial charge in [0.15, 0.2) is 0 Å². The van der Waals surface area contributed by atoms with E-state index in [0.717, 1.165) is 0 Å². The SMILES string of the molecule is COc1ccccc1C(=O)N1CCOC2(CN(C(=O)c3cnn(C)c3)CCCO2)C1. The fourth-order valence-electron chi connectivity index (χ4n) is 3.92. The van der Waals surface area contributed by atoms with Crippen molar-refractivity contribution in [2.24, 2.45) is 7.05 Å². The Morgan fingerprint density at radius 2 is 1.80 bits per heavy atom. The first-order valence-corrected chi connectivity index (χ1v) is 9.99. The quantitative estimate of drug-likeness (QED) is 0.749. The van der Waals surface area contributed by atoms with Crippen molar-refractivity contribution < 1.29 is 23.8 Å². The summed E-state index contributed by atoms with van der Waals surface area (Å²) in [7, 11) is 3.32. The molecule has 1 spiro atoms. The van der Waals surface area contributed by atoms with Gasteiger partial charge in [0.05, 0.1) is 50.7 Å². The molecule has 1 atom stereocenters. The highest BCUT2D eigenvalue weighted by molar-refractivity contribution is 5.97. The van der Waals surface area contributed by atoms with Gasteiger partial charge in [-0.1, -0.05) is 12.1 Å². The predicted molar refractivity (Wildman–Crippen MR) is 107 cm³/mol. The van der Waals surface area contributed by atoms with E-state index in [9.17, 15) is 9.59 Å². The molecule has 2 amide bonds. The number of benzene rings is 1. The number of methoxy groups -OCH3 is 1. The Morgan fingerprint density at radius 1 is 1.07 bits per heavy atom. The molecule has 1 aromatic carbocycles. The zero-order chi connectivity index (χ0) is 21.1. The second-order valence-corrected chi connectivity index (χ2v) is 7.52. The molecule has 2 saturated heterocycles. The molecule has 30 heavy (non-hydrogen) atoms. The molecule has 2 aliphatic heterocycles. The van der Waals surface area contributed by atoms with E-state index in [0.29, 0.717) is 49.6 Å². The molecule has 0 N–H and O–H groups in total. The second kappa shape index (κ2) is 8.45. The third kappa shape index (κ3) is 4.03. The summed E-state index contributed by atoms with van der Waals surface area (Å²) < 4.78 is 19.0. The number of carbonyl (C=O) groups is 2. The normalized spacial score (nSPS) is 22.1. The number of carbonyl (C=O) groups excluding carboxylic acids is 2. The standard InChI is InChI=1S/C21H26N4O5/c1-23-13-16(12-22-23)19(26)24-8-5-10-29-21(14-24)15-25(9-11-30-21)20(27)17-6-3-4-7-18(17)28-2/h3-4,6-7,12-13H,5,8-11,14-15H2,1-2H3. The Kier molecular flexibility index (Phi) is 5.74. The Balaban J connectivity index is 1.53. The van der Waals surface area contributed by atoms with Crippen LogP contribution in [-0.2, 0) is 16.5 Å². The van der Waals surface area contributed by atoms with Crippen LogP contribution >= 0.6 is 0 Å². The summed E-state index contributed by atoms with van der Waals surface area (Å²) in [6.45, 7) is 2.26. The number of morpholine rings is 1. The summed E-state index contributed by atoms with van der Waals surface area (Å²) in [5.74, 6) is -0.791. The van der Waals surface area contributed by atoms with E-state index in [-0.39, 0.29) is 24.9 Å². The van der Waals surface area contributed by atoms with Crippen LogP contribution in [0.15, 0.2) is 36.7 Å². The third-order valence-electron chi connectivity index (χ3n) is 5.39. The maximum atomic E-state index is 13.2. The molecule has 2 aliphatic rings. The molecule has 9 nitrogen and oxygen atoms in total. The molecule has 2 fully saturated rings. The Labute approximate surface area is 175 Å². The number of nitrogens with zero attached hydrogens (tertiary/aromatic N) is 4. The van der Waals surface area contributed by atoms with E-state index in [1.807, 2.05) is 12.1 Å². The molecule has 4 rings (SSSR count). The molecular formula is C21H26N4O5. The average Bonchev–Trinajstić information content (AvgIpc) is 3.11. The van der Waals surface area contributed by atoms with Crippen LogP contribution in [0.5, 0.6) is 5.75 Å². The van der Waals surface area contributed by atoms with Crippen LogP contribution in [0.1, 0.15) is 27.1 Å². The fraction of sp³-hybridized carbons (Fsp3) is 0.476. The first-order valence-electron chi connectivity index (χ1n) is 9.99. The van der Waals surface area contributed by atoms with Crippen LogP contribution < -0.4 is 4.74 Å². The largest absolute Gasteiger partial charge is 0.496 e. The van der Waals surface area contributed by atoms with Gasteiger partial charge in [-0.25, -0.2) is 0 Å². The lowest BCUT2D eigenvalue weighted by Crippen LogP contribution is -2.59. The monoisotopic (exact) mass is 414 g/mol. The van der Waals surface area contributed by atoms with Crippen molar-refractivity contribution >= 4 is 11.8 Å². The van der Waals surface area contributed by atoms with E-state index < -0.39 is 5.79 Å². The van der Waals surface area contributed by atoms with Crippen molar-refractivity contribution in [3.63, 3.8) is 0 Å². The zero-order valence-corrected chi connectivity index (χ0v) is 17.2. The second-order valence-electron chi connectivity index (χ2n) is 7.52. The number of rotatable bonds is 3. The first-order chi connectivity index (χ1) is 14.5. The summed E-state index contributed by atoms with van der Waals surface area (Å²) in [6, 6.07) is 7.14. The van der Waals surface area contributed by atoms with Crippen LogP contribution in [0.4, 0.5) is 0 Å². The van der Waals surface area contributed by atoms with Gasteiger partial charge in [-0.2, -0.15) is 5.10 Å². The van der Waals surface area contributed by atoms with Crippen LogP contribution in [0.25, 0.3) is 0 Å². The van der Waals surface area contributed by atoms with Gasteiger partial charge in [-0.3, -0.25) is 14.3 Å². The fourth-order valence-corrected chi connectivity index (χ4v) is 3.92. The van der Waals surface area contributed by atoms with E-state index >= 15 is 0 Å². The highest BCUT2D eigenvalue weighted by Gasteiger charge is 2.43.